The zero-order valence-corrected chi connectivity index (χ0v) is 12.1. The Kier molecular flexibility index (Phi) is 3.06. The first-order valence-corrected chi connectivity index (χ1v) is 7.28. The fraction of sp³-hybridized carbons (Fsp3) is 0.625. The molecule has 1 aromatic rings. The highest BCUT2D eigenvalue weighted by molar-refractivity contribution is 5.45. The molecule has 0 amide bonds. The standard InChI is InChI=1S/C16H24N2O/c1-4-19-12-6-5-11-9-14-15(17)16(2,13(11)10-12)7-8-18(14)3/h5-6,10,14-15H,4,7-9,17H2,1-3H3/t14?,15-,16+/m0/s1. The molecule has 3 rings (SSSR count). The smallest absolute Gasteiger partial charge is 0.119 e. The number of hydrogen-bond acceptors (Lipinski definition) is 3. The molecule has 1 fully saturated rings. The minimum atomic E-state index is 0.0951. The maximum Gasteiger partial charge on any atom is 0.119 e. The minimum absolute atomic E-state index is 0.0951. The molecule has 2 aliphatic rings. The SMILES string of the molecule is CCOc1ccc2c(c1)[C@@]1(C)CCN(C)C(C2)[C@@H]1N. The summed E-state index contributed by atoms with van der Waals surface area (Å²) in [4.78, 5) is 2.42. The second-order valence-electron chi connectivity index (χ2n) is 6.20. The fourth-order valence-electron chi connectivity index (χ4n) is 3.78. The molecule has 0 aromatic heterocycles. The quantitative estimate of drug-likeness (QED) is 0.883. The molecule has 1 aromatic carbocycles. The van der Waals surface area contributed by atoms with Gasteiger partial charge in [0, 0.05) is 17.5 Å². The molecule has 0 saturated carbocycles. The van der Waals surface area contributed by atoms with E-state index in [1.54, 1.807) is 0 Å². The lowest BCUT2D eigenvalue weighted by molar-refractivity contribution is 0.0861. The van der Waals surface area contributed by atoms with Gasteiger partial charge in [-0.3, -0.25) is 0 Å². The number of nitrogens with two attached hydrogens (primary N) is 1. The van der Waals surface area contributed by atoms with Crippen LogP contribution < -0.4 is 10.5 Å². The van der Waals surface area contributed by atoms with Gasteiger partial charge in [-0.1, -0.05) is 13.0 Å². The lowest BCUT2D eigenvalue weighted by Gasteiger charge is -2.53. The summed E-state index contributed by atoms with van der Waals surface area (Å²) in [5.74, 6) is 0.979. The molecule has 0 spiro atoms. The largest absolute Gasteiger partial charge is 0.494 e. The normalized spacial score (nSPS) is 33.9. The molecule has 2 bridgehead atoms. The van der Waals surface area contributed by atoms with Crippen LogP contribution in [0, 0.1) is 0 Å². The van der Waals surface area contributed by atoms with Crippen LogP contribution in [0.2, 0.25) is 0 Å². The minimum Gasteiger partial charge on any atom is -0.494 e. The van der Waals surface area contributed by atoms with E-state index in [0.717, 1.165) is 25.1 Å². The summed E-state index contributed by atoms with van der Waals surface area (Å²) < 4.78 is 5.66. The van der Waals surface area contributed by atoms with Gasteiger partial charge in [0.2, 0.25) is 0 Å². The molecule has 1 aliphatic heterocycles. The monoisotopic (exact) mass is 260 g/mol. The van der Waals surface area contributed by atoms with E-state index in [9.17, 15) is 0 Å². The average molecular weight is 260 g/mol. The van der Waals surface area contributed by atoms with Crippen LogP contribution in [-0.4, -0.2) is 37.2 Å². The second-order valence-corrected chi connectivity index (χ2v) is 6.20. The number of benzene rings is 1. The molecule has 1 unspecified atom stereocenters. The molecule has 3 heteroatoms. The second kappa shape index (κ2) is 4.50. The topological polar surface area (TPSA) is 38.5 Å². The van der Waals surface area contributed by atoms with Gasteiger partial charge in [-0.15, -0.1) is 0 Å². The first-order valence-electron chi connectivity index (χ1n) is 7.28. The van der Waals surface area contributed by atoms with Crippen molar-refractivity contribution in [3.8, 4) is 5.75 Å². The van der Waals surface area contributed by atoms with Crippen molar-refractivity contribution in [1.29, 1.82) is 0 Å². The van der Waals surface area contributed by atoms with Crippen molar-refractivity contribution in [3.05, 3.63) is 29.3 Å². The molecule has 1 heterocycles. The summed E-state index contributed by atoms with van der Waals surface area (Å²) in [6, 6.07) is 7.24. The molecular weight excluding hydrogens is 236 g/mol. The Morgan fingerprint density at radius 3 is 3.00 bits per heavy atom. The number of likely N-dealkylation sites (N-methyl/N-ethyl adjacent to an activating group) is 1. The molecule has 1 saturated heterocycles. The highest BCUT2D eigenvalue weighted by Crippen LogP contribution is 2.44. The lowest BCUT2D eigenvalue weighted by atomic mass is 9.62. The molecule has 0 radical (unpaired) electrons. The third-order valence-electron chi connectivity index (χ3n) is 5.14. The van der Waals surface area contributed by atoms with Crippen molar-refractivity contribution in [1.82, 2.24) is 4.90 Å². The van der Waals surface area contributed by atoms with Gasteiger partial charge in [-0.25, -0.2) is 0 Å². The van der Waals surface area contributed by atoms with Crippen molar-refractivity contribution < 1.29 is 4.74 Å². The van der Waals surface area contributed by atoms with Gasteiger partial charge in [0.05, 0.1) is 6.61 Å². The van der Waals surface area contributed by atoms with E-state index in [4.69, 9.17) is 10.5 Å². The molecule has 1 aliphatic carbocycles. The van der Waals surface area contributed by atoms with Crippen molar-refractivity contribution >= 4 is 0 Å². The number of ether oxygens (including phenoxy) is 1. The first-order chi connectivity index (χ1) is 9.06. The zero-order valence-electron chi connectivity index (χ0n) is 12.1. The van der Waals surface area contributed by atoms with E-state index in [2.05, 4.69) is 37.1 Å². The van der Waals surface area contributed by atoms with Crippen LogP contribution in [0.15, 0.2) is 18.2 Å². The van der Waals surface area contributed by atoms with E-state index in [-0.39, 0.29) is 11.5 Å². The predicted molar refractivity (Wildman–Crippen MR) is 77.7 cm³/mol. The predicted octanol–water partition coefficient (Wildman–Crippen LogP) is 1.93. The number of hydrogen-bond donors (Lipinski definition) is 1. The Labute approximate surface area is 115 Å². The van der Waals surface area contributed by atoms with Gasteiger partial charge >= 0.3 is 0 Å². The summed E-state index contributed by atoms with van der Waals surface area (Å²) in [6.45, 7) is 6.20. The Morgan fingerprint density at radius 2 is 2.26 bits per heavy atom. The van der Waals surface area contributed by atoms with Crippen LogP contribution in [0.4, 0.5) is 0 Å². The summed E-state index contributed by atoms with van der Waals surface area (Å²) >= 11 is 0. The van der Waals surface area contributed by atoms with Crippen LogP contribution in [0.1, 0.15) is 31.4 Å². The summed E-state index contributed by atoms with van der Waals surface area (Å²) in [5, 5.41) is 0. The summed E-state index contributed by atoms with van der Waals surface area (Å²) in [7, 11) is 2.20. The van der Waals surface area contributed by atoms with Crippen molar-refractivity contribution in [2.75, 3.05) is 20.2 Å². The number of rotatable bonds is 2. The van der Waals surface area contributed by atoms with Crippen molar-refractivity contribution in [2.45, 2.75) is 44.2 Å². The molecule has 2 N–H and O–H groups in total. The Bertz CT molecular complexity index is 488. The highest BCUT2D eigenvalue weighted by atomic mass is 16.5. The lowest BCUT2D eigenvalue weighted by Crippen LogP contribution is -2.64. The zero-order chi connectivity index (χ0) is 13.6. The molecule has 3 nitrogen and oxygen atoms in total. The van der Waals surface area contributed by atoms with Gasteiger partial charge in [-0.05, 0) is 56.6 Å². The number of likely N-dealkylation sites (tertiary alicyclic amines) is 1. The van der Waals surface area contributed by atoms with E-state index < -0.39 is 0 Å². The van der Waals surface area contributed by atoms with Crippen LogP contribution in [0.5, 0.6) is 5.75 Å². The maximum absolute atomic E-state index is 6.57. The Hall–Kier alpha value is -1.06. The van der Waals surface area contributed by atoms with Gasteiger partial charge in [-0.2, -0.15) is 0 Å². The molecule has 104 valence electrons. The summed E-state index contributed by atoms with van der Waals surface area (Å²) in [6.07, 6.45) is 2.19. The molecular formula is C16H24N2O. The van der Waals surface area contributed by atoms with E-state index in [0.29, 0.717) is 12.6 Å². The van der Waals surface area contributed by atoms with Crippen LogP contribution in [0.3, 0.4) is 0 Å². The third kappa shape index (κ3) is 1.87. The number of fused-ring (bicyclic) bond motifs is 4. The first kappa shape index (κ1) is 12.9. The fourth-order valence-corrected chi connectivity index (χ4v) is 3.78. The number of piperidine rings is 1. The van der Waals surface area contributed by atoms with Gasteiger partial charge in [0.15, 0.2) is 0 Å². The number of nitrogens with zero attached hydrogens (tertiary/aromatic N) is 1. The van der Waals surface area contributed by atoms with Crippen LogP contribution in [-0.2, 0) is 11.8 Å². The Balaban J connectivity index is 2.06. The Morgan fingerprint density at radius 1 is 1.47 bits per heavy atom. The van der Waals surface area contributed by atoms with Crippen molar-refractivity contribution in [3.63, 3.8) is 0 Å². The van der Waals surface area contributed by atoms with E-state index in [1.165, 1.54) is 11.1 Å². The third-order valence-corrected chi connectivity index (χ3v) is 5.14. The van der Waals surface area contributed by atoms with Gasteiger partial charge < -0.3 is 15.4 Å². The maximum atomic E-state index is 6.57. The summed E-state index contributed by atoms with van der Waals surface area (Å²) in [5.41, 5.74) is 9.52. The van der Waals surface area contributed by atoms with E-state index >= 15 is 0 Å². The van der Waals surface area contributed by atoms with E-state index in [1.807, 2.05) is 6.92 Å². The van der Waals surface area contributed by atoms with Crippen LogP contribution >= 0.6 is 0 Å². The average Bonchev–Trinajstić information content (AvgIpc) is 2.40. The van der Waals surface area contributed by atoms with Gasteiger partial charge in [0.1, 0.15) is 5.75 Å². The molecule has 3 atom stereocenters. The molecule has 19 heavy (non-hydrogen) atoms. The van der Waals surface area contributed by atoms with Crippen LogP contribution in [0.25, 0.3) is 0 Å². The van der Waals surface area contributed by atoms with Gasteiger partial charge in [0.25, 0.3) is 0 Å². The highest BCUT2D eigenvalue weighted by Gasteiger charge is 2.48. The van der Waals surface area contributed by atoms with Crippen molar-refractivity contribution in [2.24, 2.45) is 5.73 Å².